The quantitative estimate of drug-likeness (QED) is 0.753. The van der Waals surface area contributed by atoms with Gasteiger partial charge in [-0.05, 0) is 18.6 Å². The molecule has 0 aliphatic carbocycles. The summed E-state index contributed by atoms with van der Waals surface area (Å²) in [4.78, 5) is 11.8. The monoisotopic (exact) mass is 299 g/mol. The third-order valence-corrected chi connectivity index (χ3v) is 4.59. The Balaban J connectivity index is 2.41. The van der Waals surface area contributed by atoms with E-state index in [1.165, 1.54) is 12.1 Å². The molecule has 1 rings (SSSR count). The Morgan fingerprint density at radius 1 is 1.30 bits per heavy atom. The minimum atomic E-state index is -3.43. The first-order chi connectivity index (χ1) is 9.45. The van der Waals surface area contributed by atoms with Gasteiger partial charge < -0.3 is 10.4 Å². The Bertz CT molecular complexity index is 513. The number of hydrogen-bond donors (Lipinski definition) is 2. The number of nitrogens with one attached hydrogen (secondary N) is 1. The summed E-state index contributed by atoms with van der Waals surface area (Å²) in [6.07, 6.45) is 0.771. The van der Waals surface area contributed by atoms with Gasteiger partial charge in [-0.1, -0.05) is 31.5 Å². The van der Waals surface area contributed by atoms with E-state index in [0.717, 1.165) is 6.42 Å². The molecule has 6 heteroatoms. The highest BCUT2D eigenvalue weighted by molar-refractivity contribution is 7.91. The molecule has 0 bridgehead atoms. The smallest absolute Gasteiger partial charge is 0.221 e. The molecule has 0 aromatic heterocycles. The van der Waals surface area contributed by atoms with Crippen LogP contribution in [0.15, 0.2) is 35.2 Å². The van der Waals surface area contributed by atoms with E-state index in [-0.39, 0.29) is 29.5 Å². The van der Waals surface area contributed by atoms with Crippen molar-refractivity contribution in [2.45, 2.75) is 37.2 Å². The number of hydrogen-bond acceptors (Lipinski definition) is 4. The van der Waals surface area contributed by atoms with Crippen LogP contribution in [0.4, 0.5) is 0 Å². The van der Waals surface area contributed by atoms with Crippen molar-refractivity contribution in [2.24, 2.45) is 0 Å². The van der Waals surface area contributed by atoms with Crippen molar-refractivity contribution in [1.82, 2.24) is 5.32 Å². The van der Waals surface area contributed by atoms with Gasteiger partial charge >= 0.3 is 0 Å². The fourth-order valence-corrected chi connectivity index (χ4v) is 2.99. The van der Waals surface area contributed by atoms with Crippen LogP contribution in [0, 0.1) is 0 Å². The average molecular weight is 299 g/mol. The molecule has 1 aromatic carbocycles. The molecule has 0 aliphatic heterocycles. The molecular weight excluding hydrogens is 278 g/mol. The van der Waals surface area contributed by atoms with E-state index in [2.05, 4.69) is 5.32 Å². The maximum atomic E-state index is 11.9. The molecule has 20 heavy (non-hydrogen) atoms. The topological polar surface area (TPSA) is 83.5 Å². The van der Waals surface area contributed by atoms with Gasteiger partial charge in [0.2, 0.25) is 5.91 Å². The van der Waals surface area contributed by atoms with E-state index in [0.29, 0.717) is 6.42 Å². The first kappa shape index (κ1) is 16.7. The van der Waals surface area contributed by atoms with E-state index in [1.54, 1.807) is 18.2 Å². The minimum Gasteiger partial charge on any atom is -0.391 e. The molecule has 1 atom stereocenters. The number of aliphatic hydroxyl groups excluding tert-OH is 1. The van der Waals surface area contributed by atoms with Crippen LogP contribution in [-0.2, 0) is 14.6 Å². The summed E-state index contributed by atoms with van der Waals surface area (Å²) in [5.74, 6) is -0.591. The lowest BCUT2D eigenvalue weighted by atomic mass is 10.2. The minimum absolute atomic E-state index is 0.101. The Labute approximate surface area is 119 Å². The molecular formula is C14H21NO4S. The normalized spacial score (nSPS) is 12.9. The number of carbonyl (C=O) groups is 1. The molecule has 0 saturated heterocycles. The van der Waals surface area contributed by atoms with Gasteiger partial charge in [0.25, 0.3) is 0 Å². The summed E-state index contributed by atoms with van der Waals surface area (Å²) in [6, 6.07) is 8.06. The van der Waals surface area contributed by atoms with E-state index >= 15 is 0 Å². The highest BCUT2D eigenvalue weighted by atomic mass is 32.2. The first-order valence-electron chi connectivity index (χ1n) is 6.68. The number of aliphatic hydroxyl groups is 1. The van der Waals surface area contributed by atoms with Gasteiger partial charge in [-0.2, -0.15) is 0 Å². The van der Waals surface area contributed by atoms with Crippen LogP contribution < -0.4 is 5.32 Å². The molecule has 1 unspecified atom stereocenters. The van der Waals surface area contributed by atoms with Crippen molar-refractivity contribution < 1.29 is 18.3 Å². The molecule has 5 nitrogen and oxygen atoms in total. The lowest BCUT2D eigenvalue weighted by Gasteiger charge is -2.10. The van der Waals surface area contributed by atoms with Crippen LogP contribution in [0.2, 0.25) is 0 Å². The molecule has 0 aliphatic rings. The molecule has 0 radical (unpaired) electrons. The van der Waals surface area contributed by atoms with Gasteiger partial charge in [-0.3, -0.25) is 4.79 Å². The summed E-state index contributed by atoms with van der Waals surface area (Å²) >= 11 is 0. The highest BCUT2D eigenvalue weighted by Crippen LogP contribution is 2.10. The van der Waals surface area contributed by atoms with Crippen molar-refractivity contribution >= 4 is 15.7 Å². The maximum absolute atomic E-state index is 11.9. The number of rotatable bonds is 8. The van der Waals surface area contributed by atoms with Crippen molar-refractivity contribution in [2.75, 3.05) is 12.3 Å². The van der Waals surface area contributed by atoms with E-state index in [9.17, 15) is 18.3 Å². The fraction of sp³-hybridized carbons (Fsp3) is 0.500. The second-order valence-corrected chi connectivity index (χ2v) is 6.74. The zero-order valence-corrected chi connectivity index (χ0v) is 12.4. The number of benzene rings is 1. The molecule has 1 amide bonds. The van der Waals surface area contributed by atoms with Gasteiger partial charge in [-0.15, -0.1) is 0 Å². The number of amides is 1. The summed E-state index contributed by atoms with van der Waals surface area (Å²) in [6.45, 7) is 2.11. The van der Waals surface area contributed by atoms with E-state index in [4.69, 9.17) is 0 Å². The summed E-state index contributed by atoms with van der Waals surface area (Å²) < 4.78 is 23.9. The molecule has 2 N–H and O–H groups in total. The Hall–Kier alpha value is -1.40. The molecule has 0 heterocycles. The Morgan fingerprint density at radius 2 is 1.95 bits per heavy atom. The predicted octanol–water partition coefficient (Wildman–Crippen LogP) is 1.13. The molecule has 0 saturated carbocycles. The summed E-state index contributed by atoms with van der Waals surface area (Å²) in [5, 5.41) is 12.0. The van der Waals surface area contributed by atoms with Crippen LogP contribution in [0.3, 0.4) is 0 Å². The lowest BCUT2D eigenvalue weighted by molar-refractivity contribution is -0.121. The zero-order chi connectivity index (χ0) is 15.0. The predicted molar refractivity (Wildman–Crippen MR) is 77.0 cm³/mol. The summed E-state index contributed by atoms with van der Waals surface area (Å²) in [7, 11) is -3.43. The zero-order valence-electron chi connectivity index (χ0n) is 11.6. The van der Waals surface area contributed by atoms with Crippen molar-refractivity contribution in [3.8, 4) is 0 Å². The highest BCUT2D eigenvalue weighted by Gasteiger charge is 2.16. The van der Waals surface area contributed by atoms with Gasteiger partial charge in [0.15, 0.2) is 9.84 Å². The molecule has 0 spiro atoms. The third kappa shape index (κ3) is 5.71. The fourth-order valence-electron chi connectivity index (χ4n) is 1.73. The van der Waals surface area contributed by atoms with Gasteiger partial charge in [-0.25, -0.2) is 8.42 Å². The standard InChI is InChI=1S/C14H21NO4S/c1-2-6-12(16)11-15-14(17)9-10-20(18,19)13-7-4-3-5-8-13/h3-5,7-8,12,16H,2,6,9-11H2,1H3,(H,15,17). The van der Waals surface area contributed by atoms with Crippen molar-refractivity contribution in [1.29, 1.82) is 0 Å². The van der Waals surface area contributed by atoms with Crippen LogP contribution >= 0.6 is 0 Å². The van der Waals surface area contributed by atoms with Crippen LogP contribution in [0.5, 0.6) is 0 Å². The van der Waals surface area contributed by atoms with Crippen molar-refractivity contribution in [3.05, 3.63) is 30.3 Å². The van der Waals surface area contributed by atoms with Crippen LogP contribution in [-0.4, -0.2) is 37.8 Å². The third-order valence-electron chi connectivity index (χ3n) is 2.86. The lowest BCUT2D eigenvalue weighted by Crippen LogP contribution is -2.33. The Morgan fingerprint density at radius 3 is 2.55 bits per heavy atom. The number of sulfone groups is 1. The Kier molecular flexibility index (Phi) is 6.67. The van der Waals surface area contributed by atoms with Crippen molar-refractivity contribution in [3.63, 3.8) is 0 Å². The largest absolute Gasteiger partial charge is 0.391 e. The average Bonchev–Trinajstić information content (AvgIpc) is 2.44. The van der Waals surface area contributed by atoms with Gasteiger partial charge in [0.1, 0.15) is 0 Å². The maximum Gasteiger partial charge on any atom is 0.221 e. The number of carbonyl (C=O) groups excluding carboxylic acids is 1. The van der Waals surface area contributed by atoms with Gasteiger partial charge in [0, 0.05) is 13.0 Å². The van der Waals surface area contributed by atoms with Gasteiger partial charge in [0.05, 0.1) is 16.8 Å². The second kappa shape index (κ2) is 8.01. The van der Waals surface area contributed by atoms with Crippen LogP contribution in [0.1, 0.15) is 26.2 Å². The molecule has 0 fully saturated rings. The summed E-state index contributed by atoms with van der Waals surface area (Å²) in [5.41, 5.74) is 0. The molecule has 112 valence electrons. The van der Waals surface area contributed by atoms with E-state index < -0.39 is 15.9 Å². The van der Waals surface area contributed by atoms with Crippen LogP contribution in [0.25, 0.3) is 0 Å². The molecule has 1 aromatic rings. The second-order valence-electron chi connectivity index (χ2n) is 4.63. The van der Waals surface area contributed by atoms with E-state index in [1.807, 2.05) is 6.92 Å². The SMILES string of the molecule is CCCC(O)CNC(=O)CCS(=O)(=O)c1ccccc1. The first-order valence-corrected chi connectivity index (χ1v) is 8.33.